The number of carbonyl (C=O) groups is 4. The van der Waals surface area contributed by atoms with Gasteiger partial charge in [-0.1, -0.05) is 98.6 Å². The van der Waals surface area contributed by atoms with Crippen LogP contribution in [0, 0.1) is 0 Å². The number of imidazole rings is 2. The van der Waals surface area contributed by atoms with Gasteiger partial charge in [0.05, 0.1) is 23.5 Å². The zero-order chi connectivity index (χ0) is 53.4. The van der Waals surface area contributed by atoms with E-state index in [-0.39, 0.29) is 37.1 Å². The maximum Gasteiger partial charge on any atom is 0.408 e. The van der Waals surface area contributed by atoms with Crippen LogP contribution in [0.1, 0.15) is 98.2 Å². The first-order chi connectivity index (χ1) is 37.1. The second-order valence-electron chi connectivity index (χ2n) is 19.3. The summed E-state index contributed by atoms with van der Waals surface area (Å²) in [6.45, 7) is 12.6. The average Bonchev–Trinajstić information content (AvgIpc) is 4.31. The van der Waals surface area contributed by atoms with E-state index in [1.54, 1.807) is 23.5 Å². The molecule has 0 spiro atoms. The standard InChI is InChI=1S/C60H70N8O6S2/c1-6-32-73-59(71)65-49(28-34-75-4)57(69)67-30-10-14-53(67)55-61-38-51(63-55)45-24-20-42(21-25-45)47-13-9-12-41-17-19-43(18-16-40(8-3)36-47)48(37-41)44-22-26-46(27-23-44)52-39-62-56(64-52)54-15-11-31-68(54)58(70)50(29-35-76-5)66-60(72)74-33-7-2/h6-7,17,19-27,36-39,49-50,53-54H,1-3,9-16,18,28-35H2,4-5H3,(H,61,63)(H,62,64)(H,65,71)(H,66,72)/b47-36+/t49-,50-,53-,54-/m0/s1. The Bertz CT molecular complexity index is 2920. The third-order valence-electron chi connectivity index (χ3n) is 14.3. The van der Waals surface area contributed by atoms with E-state index in [0.717, 1.165) is 120 Å². The zero-order valence-corrected chi connectivity index (χ0v) is 45.4. The topological polar surface area (TPSA) is 175 Å². The lowest BCUT2D eigenvalue weighted by Gasteiger charge is -2.28. The van der Waals surface area contributed by atoms with Gasteiger partial charge in [0.25, 0.3) is 0 Å². The molecule has 4 aliphatic rings. The summed E-state index contributed by atoms with van der Waals surface area (Å²) in [5, 5.41) is 5.56. The number of carbonyl (C=O) groups excluding carboxylic acids is 4. The Labute approximate surface area is 455 Å². The van der Waals surface area contributed by atoms with Crippen LogP contribution in [0.2, 0.25) is 0 Å². The van der Waals surface area contributed by atoms with E-state index in [4.69, 9.17) is 19.4 Å². The molecule has 2 fully saturated rings. The normalized spacial score (nSPS) is 18.1. The van der Waals surface area contributed by atoms with Gasteiger partial charge in [0.15, 0.2) is 0 Å². The minimum absolute atomic E-state index is 0.0728. The van der Waals surface area contributed by atoms with Gasteiger partial charge in [-0.15, -0.1) is 5.73 Å². The monoisotopic (exact) mass is 1060 g/mol. The summed E-state index contributed by atoms with van der Waals surface area (Å²) in [6.07, 6.45) is 20.4. The number of amides is 4. The summed E-state index contributed by atoms with van der Waals surface area (Å²) < 4.78 is 10.3. The number of thioether (sulfide) groups is 2. The van der Waals surface area contributed by atoms with Crippen LogP contribution in [0.15, 0.2) is 128 Å². The molecule has 0 unspecified atom stereocenters. The second-order valence-corrected chi connectivity index (χ2v) is 21.3. The summed E-state index contributed by atoms with van der Waals surface area (Å²) in [4.78, 5) is 73.1. The highest BCUT2D eigenvalue weighted by Crippen LogP contribution is 2.36. The number of benzene rings is 3. The van der Waals surface area contributed by atoms with Crippen LogP contribution in [-0.2, 0) is 31.9 Å². The van der Waals surface area contributed by atoms with Crippen molar-refractivity contribution in [2.45, 2.75) is 94.8 Å². The Morgan fingerprint density at radius 1 is 0.697 bits per heavy atom. The summed E-state index contributed by atoms with van der Waals surface area (Å²) in [6, 6.07) is 22.2. The first kappa shape index (κ1) is 55.2. The minimum Gasteiger partial charge on any atom is -0.445 e. The fourth-order valence-electron chi connectivity index (χ4n) is 10.4. The maximum absolute atomic E-state index is 13.9. The number of likely N-dealkylation sites (tertiary alicyclic amines) is 2. The quantitative estimate of drug-likeness (QED) is 0.0434. The fraction of sp³-hybridized carbons (Fsp3) is 0.383. The predicted octanol–water partition coefficient (Wildman–Crippen LogP) is 11.6. The number of allylic oxidation sites excluding steroid dienone is 3. The van der Waals surface area contributed by atoms with Crippen molar-refractivity contribution in [2.75, 3.05) is 50.3 Å². The van der Waals surface area contributed by atoms with E-state index in [1.165, 1.54) is 34.4 Å². The third-order valence-corrected chi connectivity index (χ3v) is 15.6. The third kappa shape index (κ3) is 13.9. The van der Waals surface area contributed by atoms with Gasteiger partial charge in [-0.2, -0.15) is 23.5 Å². The number of ether oxygens (including phenoxy) is 2. The molecule has 2 aliphatic heterocycles. The van der Waals surface area contributed by atoms with Crippen LogP contribution in [0.5, 0.6) is 0 Å². The Morgan fingerprint density at radius 2 is 1.21 bits per heavy atom. The molecule has 9 rings (SSSR count). The number of aromatic nitrogens is 4. The molecule has 4 heterocycles. The molecule has 3 aromatic carbocycles. The number of hydrogen-bond donors (Lipinski definition) is 4. The van der Waals surface area contributed by atoms with E-state index in [9.17, 15) is 19.2 Å². The van der Waals surface area contributed by atoms with Gasteiger partial charge in [0.1, 0.15) is 36.9 Å². The van der Waals surface area contributed by atoms with E-state index in [2.05, 4.69) is 119 Å². The molecule has 398 valence electrons. The molecule has 4 atom stereocenters. The number of H-pyrrole nitrogens is 2. The molecule has 76 heavy (non-hydrogen) atoms. The van der Waals surface area contributed by atoms with Crippen molar-refractivity contribution in [1.29, 1.82) is 0 Å². The maximum atomic E-state index is 13.9. The fourth-order valence-corrected chi connectivity index (χ4v) is 11.3. The number of nitrogens with zero attached hydrogens (tertiary/aromatic N) is 4. The Kier molecular flexibility index (Phi) is 19.7. The van der Waals surface area contributed by atoms with Gasteiger partial charge in [0.2, 0.25) is 11.8 Å². The van der Waals surface area contributed by atoms with Crippen molar-refractivity contribution in [1.82, 2.24) is 40.4 Å². The molecule has 4 amide bonds. The summed E-state index contributed by atoms with van der Waals surface area (Å²) in [5.41, 5.74) is 15.2. The van der Waals surface area contributed by atoms with Crippen LogP contribution in [-0.4, -0.2) is 116 Å². The smallest absolute Gasteiger partial charge is 0.408 e. The van der Waals surface area contributed by atoms with Gasteiger partial charge < -0.3 is 39.9 Å². The van der Waals surface area contributed by atoms with E-state index < -0.39 is 24.3 Å². The lowest BCUT2D eigenvalue weighted by Crippen LogP contribution is -2.49. The molecule has 0 saturated carbocycles. The second kappa shape index (κ2) is 27.2. The molecule has 2 saturated heterocycles. The highest BCUT2D eigenvalue weighted by molar-refractivity contribution is 7.98. The van der Waals surface area contributed by atoms with Crippen molar-refractivity contribution < 1.29 is 28.7 Å². The van der Waals surface area contributed by atoms with Crippen molar-refractivity contribution in [3.8, 4) is 33.6 Å². The summed E-state index contributed by atoms with van der Waals surface area (Å²) in [7, 11) is 0. The molecule has 14 nitrogen and oxygen atoms in total. The first-order valence-corrected chi connectivity index (χ1v) is 29.1. The SMILES string of the molecule is C=C=C1/C=C(/c2ccc(-c3c[nH]c([C@@H]4CCCN4C(=O)[C@H](CCSC)NC(=O)OCC=C)n3)cc2)CCCc2ccc(c(-c3ccc(-c4c[nH]c([C@@H]5CCCN5C(=O)[C@H](CCSC)NC(=O)OCC=C)n4)cc3)c2)CC1. The van der Waals surface area contributed by atoms with E-state index >= 15 is 0 Å². The van der Waals surface area contributed by atoms with E-state index in [1.807, 2.05) is 34.7 Å². The first-order valence-electron chi connectivity index (χ1n) is 26.3. The summed E-state index contributed by atoms with van der Waals surface area (Å²) >= 11 is 3.25. The van der Waals surface area contributed by atoms with Crippen LogP contribution in [0.3, 0.4) is 0 Å². The van der Waals surface area contributed by atoms with Crippen LogP contribution in [0.25, 0.3) is 39.2 Å². The lowest BCUT2D eigenvalue weighted by atomic mass is 9.89. The number of nitrogens with one attached hydrogen (secondary N) is 4. The Hall–Kier alpha value is -7.00. The molecule has 0 radical (unpaired) electrons. The van der Waals surface area contributed by atoms with Gasteiger partial charge in [-0.3, -0.25) is 9.59 Å². The van der Waals surface area contributed by atoms with Crippen molar-refractivity contribution in [3.05, 3.63) is 157 Å². The molecular formula is C60H70N8O6S2. The zero-order valence-electron chi connectivity index (χ0n) is 43.7. The number of alkyl carbamates (subject to hydrolysis) is 2. The van der Waals surface area contributed by atoms with Gasteiger partial charge in [-0.25, -0.2) is 19.6 Å². The number of fused-ring (bicyclic) bond motifs is 8. The number of hydrogen-bond acceptors (Lipinski definition) is 10. The molecule has 2 aromatic heterocycles. The Balaban J connectivity index is 0.915. The van der Waals surface area contributed by atoms with Gasteiger partial charge >= 0.3 is 12.2 Å². The van der Waals surface area contributed by atoms with Crippen molar-refractivity contribution in [2.24, 2.45) is 0 Å². The summed E-state index contributed by atoms with van der Waals surface area (Å²) in [5.74, 6) is 2.65. The largest absolute Gasteiger partial charge is 0.445 e. The van der Waals surface area contributed by atoms with Gasteiger partial charge in [0, 0.05) is 36.6 Å². The molecule has 2 bridgehead atoms. The minimum atomic E-state index is -0.694. The number of aromatic amines is 2. The molecule has 16 heteroatoms. The van der Waals surface area contributed by atoms with Crippen LogP contribution >= 0.6 is 23.5 Å². The Morgan fingerprint density at radius 3 is 1.71 bits per heavy atom. The van der Waals surface area contributed by atoms with Crippen molar-refractivity contribution in [3.63, 3.8) is 0 Å². The molecular weight excluding hydrogens is 993 g/mol. The average molecular weight is 1060 g/mol. The van der Waals surface area contributed by atoms with Crippen LogP contribution < -0.4 is 10.6 Å². The highest BCUT2D eigenvalue weighted by Gasteiger charge is 2.38. The molecule has 5 aromatic rings. The van der Waals surface area contributed by atoms with Crippen LogP contribution in [0.4, 0.5) is 9.59 Å². The molecule has 2 aliphatic carbocycles. The van der Waals surface area contributed by atoms with Crippen molar-refractivity contribution >= 4 is 53.1 Å². The predicted molar refractivity (Wildman–Crippen MR) is 306 cm³/mol. The van der Waals surface area contributed by atoms with Gasteiger partial charge in [-0.05, 0) is 140 Å². The highest BCUT2D eigenvalue weighted by atomic mass is 32.2. The van der Waals surface area contributed by atoms with E-state index in [0.29, 0.717) is 25.9 Å². The number of rotatable bonds is 20. The lowest BCUT2D eigenvalue weighted by molar-refractivity contribution is -0.135. The number of aryl methyl sites for hydroxylation is 2. The molecule has 4 N–H and O–H groups in total.